The van der Waals surface area contributed by atoms with Gasteiger partial charge in [-0.3, -0.25) is 0 Å². The summed E-state index contributed by atoms with van der Waals surface area (Å²) in [4.78, 5) is 11.3. The van der Waals surface area contributed by atoms with Crippen LogP contribution >= 0.6 is 0 Å². The summed E-state index contributed by atoms with van der Waals surface area (Å²) in [5.74, 6) is -0.0892. The Hall–Kier alpha value is -2.55. The van der Waals surface area contributed by atoms with Crippen LogP contribution in [0.3, 0.4) is 0 Å². The van der Waals surface area contributed by atoms with Gasteiger partial charge in [-0.2, -0.15) is 0 Å². The summed E-state index contributed by atoms with van der Waals surface area (Å²) in [5, 5.41) is 9.18. The van der Waals surface area contributed by atoms with E-state index in [1.807, 2.05) is 36.4 Å². The highest BCUT2D eigenvalue weighted by molar-refractivity contribution is 5.89. The molecule has 0 aliphatic rings. The maximum Gasteiger partial charge on any atom is 0.337 e. The third-order valence-corrected chi connectivity index (χ3v) is 2.69. The predicted molar refractivity (Wildman–Crippen MR) is 74.8 cm³/mol. The molecule has 0 radical (unpaired) electrons. The molecule has 0 spiro atoms. The largest absolute Gasteiger partial charge is 0.508 e. The Morgan fingerprint density at radius 1 is 0.947 bits per heavy atom. The number of hydrogen-bond acceptors (Lipinski definition) is 3. The lowest BCUT2D eigenvalue weighted by Crippen LogP contribution is -2.00. The van der Waals surface area contributed by atoms with Gasteiger partial charge in [0.05, 0.1) is 12.7 Å². The Morgan fingerprint density at radius 2 is 1.42 bits per heavy atom. The lowest BCUT2D eigenvalue weighted by molar-refractivity contribution is 0.0600. The Bertz CT molecular complexity index is 580. The van der Waals surface area contributed by atoms with E-state index in [1.54, 1.807) is 24.3 Å². The number of hydrogen-bond donors (Lipinski definition) is 1. The third-order valence-electron chi connectivity index (χ3n) is 2.69. The van der Waals surface area contributed by atoms with Gasteiger partial charge in [-0.05, 0) is 35.4 Å². The number of carbonyl (C=O) groups is 1. The molecule has 0 aliphatic heterocycles. The van der Waals surface area contributed by atoms with Gasteiger partial charge in [0.1, 0.15) is 5.75 Å². The van der Waals surface area contributed by atoms with Crippen LogP contribution in [0, 0.1) is 0 Å². The van der Waals surface area contributed by atoms with Crippen LogP contribution in [0.2, 0.25) is 0 Å². The van der Waals surface area contributed by atoms with Crippen molar-refractivity contribution in [3.63, 3.8) is 0 Å². The molecule has 0 unspecified atom stereocenters. The zero-order chi connectivity index (χ0) is 13.7. The zero-order valence-corrected chi connectivity index (χ0v) is 10.5. The van der Waals surface area contributed by atoms with Crippen molar-refractivity contribution in [2.45, 2.75) is 0 Å². The van der Waals surface area contributed by atoms with E-state index in [0.717, 1.165) is 11.1 Å². The van der Waals surface area contributed by atoms with Crippen molar-refractivity contribution in [2.24, 2.45) is 0 Å². The standard InChI is InChI=1S/C16H14O3/c1-19-16(18)14-8-4-12(5-9-14)2-3-13-6-10-15(17)11-7-13/h2-11,17H,1H3. The summed E-state index contributed by atoms with van der Waals surface area (Å²) >= 11 is 0. The van der Waals surface area contributed by atoms with E-state index in [1.165, 1.54) is 7.11 Å². The molecule has 0 aromatic heterocycles. The Balaban J connectivity index is 2.11. The Labute approximate surface area is 111 Å². The molecule has 0 saturated carbocycles. The molecule has 0 amide bonds. The number of rotatable bonds is 3. The van der Waals surface area contributed by atoms with Gasteiger partial charge in [0.25, 0.3) is 0 Å². The van der Waals surface area contributed by atoms with E-state index in [-0.39, 0.29) is 11.7 Å². The first-order chi connectivity index (χ1) is 9.19. The van der Waals surface area contributed by atoms with Gasteiger partial charge in [-0.15, -0.1) is 0 Å². The van der Waals surface area contributed by atoms with Crippen LogP contribution in [0.1, 0.15) is 21.5 Å². The number of esters is 1. The molecule has 1 N–H and O–H groups in total. The normalized spacial score (nSPS) is 10.6. The van der Waals surface area contributed by atoms with Crippen LogP contribution in [0.4, 0.5) is 0 Å². The highest BCUT2D eigenvalue weighted by Gasteiger charge is 2.02. The maximum atomic E-state index is 11.3. The molecule has 0 aliphatic carbocycles. The van der Waals surface area contributed by atoms with E-state index in [0.29, 0.717) is 5.56 Å². The minimum Gasteiger partial charge on any atom is -0.508 e. The summed E-state index contributed by atoms with van der Waals surface area (Å²) in [5.41, 5.74) is 2.51. The van der Waals surface area contributed by atoms with Crippen LogP contribution in [0.25, 0.3) is 12.2 Å². The van der Waals surface area contributed by atoms with Gasteiger partial charge >= 0.3 is 5.97 Å². The molecule has 3 heteroatoms. The van der Waals surface area contributed by atoms with E-state index < -0.39 is 0 Å². The topological polar surface area (TPSA) is 46.5 Å². The molecule has 3 nitrogen and oxygen atoms in total. The van der Waals surface area contributed by atoms with Crippen molar-refractivity contribution >= 4 is 18.1 Å². The smallest absolute Gasteiger partial charge is 0.337 e. The SMILES string of the molecule is COC(=O)c1ccc(C=Cc2ccc(O)cc2)cc1. The van der Waals surface area contributed by atoms with Crippen molar-refractivity contribution < 1.29 is 14.6 Å². The second kappa shape index (κ2) is 5.87. The zero-order valence-electron chi connectivity index (χ0n) is 10.5. The molecule has 19 heavy (non-hydrogen) atoms. The molecule has 96 valence electrons. The monoisotopic (exact) mass is 254 g/mol. The second-order valence-electron chi connectivity index (χ2n) is 4.04. The number of phenols is 1. The number of phenolic OH excluding ortho intramolecular Hbond substituents is 1. The van der Waals surface area contributed by atoms with E-state index in [4.69, 9.17) is 0 Å². The maximum absolute atomic E-state index is 11.3. The number of benzene rings is 2. The van der Waals surface area contributed by atoms with Gasteiger partial charge in [-0.1, -0.05) is 36.4 Å². The molecular formula is C16H14O3. The summed E-state index contributed by atoms with van der Waals surface area (Å²) in [7, 11) is 1.36. The minimum absolute atomic E-state index is 0.250. The van der Waals surface area contributed by atoms with E-state index in [2.05, 4.69) is 4.74 Å². The first-order valence-electron chi connectivity index (χ1n) is 5.84. The average Bonchev–Trinajstić information content (AvgIpc) is 2.46. The fraction of sp³-hybridized carbons (Fsp3) is 0.0625. The Kier molecular flexibility index (Phi) is 3.98. The number of methoxy groups -OCH3 is 1. The fourth-order valence-corrected chi connectivity index (χ4v) is 1.63. The van der Waals surface area contributed by atoms with Gasteiger partial charge < -0.3 is 9.84 Å². The van der Waals surface area contributed by atoms with Gasteiger partial charge in [-0.25, -0.2) is 4.79 Å². The summed E-state index contributed by atoms with van der Waals surface area (Å²) in [6, 6.07) is 14.1. The van der Waals surface area contributed by atoms with E-state index >= 15 is 0 Å². The first kappa shape index (κ1) is 12.9. The fourth-order valence-electron chi connectivity index (χ4n) is 1.63. The number of ether oxygens (including phenoxy) is 1. The summed E-state index contributed by atoms with van der Waals surface area (Å²) in [6.07, 6.45) is 3.88. The lowest BCUT2D eigenvalue weighted by atomic mass is 10.1. The van der Waals surface area contributed by atoms with Crippen molar-refractivity contribution in [1.29, 1.82) is 0 Å². The van der Waals surface area contributed by atoms with Crippen LogP contribution < -0.4 is 0 Å². The van der Waals surface area contributed by atoms with Crippen LogP contribution in [0.5, 0.6) is 5.75 Å². The van der Waals surface area contributed by atoms with Crippen LogP contribution in [0.15, 0.2) is 48.5 Å². The van der Waals surface area contributed by atoms with Crippen molar-refractivity contribution in [2.75, 3.05) is 7.11 Å². The first-order valence-corrected chi connectivity index (χ1v) is 5.84. The lowest BCUT2D eigenvalue weighted by Gasteiger charge is -1.99. The number of aromatic hydroxyl groups is 1. The van der Waals surface area contributed by atoms with E-state index in [9.17, 15) is 9.90 Å². The quantitative estimate of drug-likeness (QED) is 0.675. The minimum atomic E-state index is -0.339. The van der Waals surface area contributed by atoms with Gasteiger partial charge in [0.2, 0.25) is 0 Å². The predicted octanol–water partition coefficient (Wildman–Crippen LogP) is 3.35. The molecule has 2 aromatic carbocycles. The highest BCUT2D eigenvalue weighted by Crippen LogP contribution is 2.13. The van der Waals surface area contributed by atoms with Gasteiger partial charge in [0, 0.05) is 0 Å². The van der Waals surface area contributed by atoms with Crippen LogP contribution in [-0.4, -0.2) is 18.2 Å². The molecule has 0 fully saturated rings. The summed E-state index contributed by atoms with van der Waals surface area (Å²) < 4.78 is 4.64. The van der Waals surface area contributed by atoms with Crippen LogP contribution in [-0.2, 0) is 4.74 Å². The Morgan fingerprint density at radius 3 is 1.89 bits per heavy atom. The van der Waals surface area contributed by atoms with Crippen molar-refractivity contribution in [1.82, 2.24) is 0 Å². The molecule has 2 rings (SSSR count). The molecule has 2 aromatic rings. The molecule has 0 heterocycles. The molecular weight excluding hydrogens is 240 g/mol. The third kappa shape index (κ3) is 3.45. The average molecular weight is 254 g/mol. The summed E-state index contributed by atoms with van der Waals surface area (Å²) in [6.45, 7) is 0. The second-order valence-corrected chi connectivity index (χ2v) is 4.04. The molecule has 0 atom stereocenters. The molecule has 0 saturated heterocycles. The number of carbonyl (C=O) groups excluding carboxylic acids is 1. The van der Waals surface area contributed by atoms with Crippen molar-refractivity contribution in [3.8, 4) is 5.75 Å². The van der Waals surface area contributed by atoms with Gasteiger partial charge in [0.15, 0.2) is 0 Å². The molecule has 0 bridgehead atoms. The van der Waals surface area contributed by atoms with Crippen molar-refractivity contribution in [3.05, 3.63) is 65.2 Å². The highest BCUT2D eigenvalue weighted by atomic mass is 16.5.